The van der Waals surface area contributed by atoms with Gasteiger partial charge in [-0.15, -0.1) is 0 Å². The smallest absolute Gasteiger partial charge is 0.280 e. The molecule has 1 aromatic rings. The molecule has 0 aromatic heterocycles. The molecule has 0 unspecified atom stereocenters. The van der Waals surface area contributed by atoms with Gasteiger partial charge in [-0.1, -0.05) is 12.1 Å². The Balaban J connectivity index is 0.000000197. The third-order valence-corrected chi connectivity index (χ3v) is 12.0. The molecule has 0 bridgehead atoms. The zero-order valence-corrected chi connectivity index (χ0v) is 31.0. The zero-order chi connectivity index (χ0) is 40.9. The van der Waals surface area contributed by atoms with Gasteiger partial charge < -0.3 is 71.4 Å². The van der Waals surface area contributed by atoms with Crippen LogP contribution < -0.4 is 16.4 Å². The molecule has 2 heterocycles. The fourth-order valence-electron chi connectivity index (χ4n) is 9.19. The third-order valence-electron chi connectivity index (χ3n) is 12.0. The van der Waals surface area contributed by atoms with Gasteiger partial charge in [0.1, 0.15) is 41.2 Å². The fraction of sp³-hybridized carbons (Fsp3) is 0.611. The van der Waals surface area contributed by atoms with Crippen molar-refractivity contribution in [2.75, 3.05) is 28.2 Å². The number of rotatable bonds is 4. The number of nitrogens with one attached hydrogen (secondary N) is 2. The Labute approximate surface area is 315 Å². The van der Waals surface area contributed by atoms with Crippen LogP contribution in [0.1, 0.15) is 42.6 Å². The Morgan fingerprint density at radius 2 is 1.60 bits per heavy atom. The number of nitrogens with two attached hydrogens (primary N) is 1. The molecule has 14 atom stereocenters. The van der Waals surface area contributed by atoms with Gasteiger partial charge in [0.15, 0.2) is 17.2 Å². The number of phenols is 1. The predicted octanol–water partition coefficient (Wildman–Crippen LogP) is -3.14. The number of phenolic OH excluding ortho intramolecular Hbond substituents is 1. The van der Waals surface area contributed by atoms with Crippen molar-refractivity contribution in [2.45, 2.75) is 98.6 Å². The highest BCUT2D eigenvalue weighted by atomic mass is 16.8. The number of primary amides is 1. The number of hydrogen-bond donors (Lipinski definition) is 11. The van der Waals surface area contributed by atoms with Gasteiger partial charge in [0.05, 0.1) is 41.5 Å². The molecule has 1 amide bonds. The van der Waals surface area contributed by atoms with Crippen LogP contribution in [0, 0.1) is 11.8 Å². The Bertz CT molecular complexity index is 1860. The first-order chi connectivity index (χ1) is 25.6. The number of Topliss-reactive ketones (excluding diaryl/α,β-unsaturated/α-hetero) is 3. The number of carbonyl (C=O) groups excluding carboxylic acids is 4. The molecule has 6 aliphatic rings. The van der Waals surface area contributed by atoms with Crippen LogP contribution in [0.15, 0.2) is 40.9 Å². The largest absolute Gasteiger partial charge is 0.510 e. The molecule has 3 fully saturated rings. The number of aliphatic hydroxyl groups is 7. The highest BCUT2D eigenvalue weighted by molar-refractivity contribution is 6.24. The van der Waals surface area contributed by atoms with E-state index in [2.05, 4.69) is 10.6 Å². The van der Waals surface area contributed by atoms with Crippen LogP contribution in [0.4, 0.5) is 0 Å². The summed E-state index contributed by atoms with van der Waals surface area (Å²) in [7, 11) is 6.30. The maximum absolute atomic E-state index is 13.3. The average Bonchev–Trinajstić information content (AvgIpc) is 3.09. The number of aliphatic hydroxyl groups excluding tert-OH is 4. The molecule has 1 aromatic carbocycles. The molecule has 12 N–H and O–H groups in total. The topological polar surface area (TPSA) is 311 Å². The minimum atomic E-state index is -2.75. The van der Waals surface area contributed by atoms with E-state index >= 15 is 0 Å². The minimum absolute atomic E-state index is 0.00220. The van der Waals surface area contributed by atoms with Crippen molar-refractivity contribution in [1.29, 1.82) is 0 Å². The monoisotopic (exact) mass is 776 g/mol. The second-order valence-electron chi connectivity index (χ2n) is 15.4. The summed E-state index contributed by atoms with van der Waals surface area (Å²) >= 11 is 0. The van der Waals surface area contributed by atoms with E-state index in [1.165, 1.54) is 44.1 Å². The molecule has 0 radical (unpaired) electrons. The number of hydrogen-bond acceptors (Lipinski definition) is 18. The third kappa shape index (κ3) is 5.83. The summed E-state index contributed by atoms with van der Waals surface area (Å²) in [4.78, 5) is 52.1. The first-order valence-electron chi connectivity index (χ1n) is 17.8. The van der Waals surface area contributed by atoms with Crippen molar-refractivity contribution in [2.24, 2.45) is 17.6 Å². The molecule has 55 heavy (non-hydrogen) atoms. The van der Waals surface area contributed by atoms with Gasteiger partial charge in [0, 0.05) is 23.8 Å². The Kier molecular flexibility index (Phi) is 10.4. The number of fused-ring (bicyclic) bond motifs is 5. The molecule has 1 saturated carbocycles. The van der Waals surface area contributed by atoms with Gasteiger partial charge >= 0.3 is 0 Å². The normalized spacial score (nSPS) is 42.4. The second kappa shape index (κ2) is 14.0. The van der Waals surface area contributed by atoms with Crippen molar-refractivity contribution in [3.8, 4) is 5.75 Å². The number of ketones is 3. The van der Waals surface area contributed by atoms with Gasteiger partial charge in [-0.3, -0.25) is 24.1 Å². The van der Waals surface area contributed by atoms with Crippen LogP contribution in [0.5, 0.6) is 5.75 Å². The SMILES string of the molecule is CN(C)[C@@H]1C(O)=C(C(N)=O)C(=O)[C@@]2(O)C(O)=C3C(=O)c4c(O)cccc4[C@@](C)(O)[C@H]3C[C@@H]12.CN[C@@H]1[C@H](O)[C@H](NC)[C@H]2O[C@@]3(O)C(=O)C[C@@H](C)O[C@H]3O[C@@H]2[C@H]1O. The molecule has 19 nitrogen and oxygen atoms in total. The van der Waals surface area contributed by atoms with E-state index in [9.17, 15) is 60.0 Å². The van der Waals surface area contributed by atoms with Crippen LogP contribution in [0.3, 0.4) is 0 Å². The number of benzene rings is 1. The van der Waals surface area contributed by atoms with Gasteiger partial charge in [0.2, 0.25) is 12.1 Å². The Morgan fingerprint density at radius 3 is 2.18 bits per heavy atom. The van der Waals surface area contributed by atoms with Crippen molar-refractivity contribution in [3.63, 3.8) is 0 Å². The molecule has 2 saturated heterocycles. The molecule has 2 aliphatic heterocycles. The maximum Gasteiger partial charge on any atom is 0.280 e. The van der Waals surface area contributed by atoms with E-state index in [0.29, 0.717) is 0 Å². The molecular formula is C36H48N4O15. The van der Waals surface area contributed by atoms with E-state index in [1.54, 1.807) is 21.0 Å². The first-order valence-corrected chi connectivity index (χ1v) is 17.8. The highest BCUT2D eigenvalue weighted by Gasteiger charge is 2.66. The van der Waals surface area contributed by atoms with E-state index in [-0.39, 0.29) is 24.0 Å². The summed E-state index contributed by atoms with van der Waals surface area (Å²) < 4.78 is 16.8. The lowest BCUT2D eigenvalue weighted by atomic mass is 9.55. The molecule has 7 rings (SSSR count). The Hall–Kier alpha value is -3.86. The average molecular weight is 777 g/mol. The lowest BCUT2D eigenvalue weighted by Crippen LogP contribution is -2.77. The van der Waals surface area contributed by atoms with Gasteiger partial charge in [-0.2, -0.15) is 0 Å². The second-order valence-corrected chi connectivity index (χ2v) is 15.4. The van der Waals surface area contributed by atoms with E-state index < -0.39 is 135 Å². The van der Waals surface area contributed by atoms with Gasteiger partial charge in [0.25, 0.3) is 11.7 Å². The minimum Gasteiger partial charge on any atom is -0.510 e. The van der Waals surface area contributed by atoms with Crippen LogP contribution >= 0.6 is 0 Å². The lowest BCUT2D eigenvalue weighted by Gasteiger charge is -2.55. The summed E-state index contributed by atoms with van der Waals surface area (Å²) in [5.74, 6) is -10.7. The summed E-state index contributed by atoms with van der Waals surface area (Å²) in [6.45, 7) is 3.10. The first kappa shape index (κ1) is 40.8. The number of likely N-dealkylation sites (N-methyl/N-ethyl adjacent to an activating group) is 3. The molecule has 302 valence electrons. The molecule has 19 heteroatoms. The maximum atomic E-state index is 13.3. The quantitative estimate of drug-likeness (QED) is 0.135. The summed E-state index contributed by atoms with van der Waals surface area (Å²) in [5, 5.41) is 92.3. The molecular weight excluding hydrogens is 728 g/mol. The summed E-state index contributed by atoms with van der Waals surface area (Å²) in [6.07, 6.45) is -5.78. The van der Waals surface area contributed by atoms with Crippen molar-refractivity contribution in [1.82, 2.24) is 15.5 Å². The lowest BCUT2D eigenvalue weighted by molar-refractivity contribution is -0.420. The number of amides is 1. The molecule has 4 aliphatic carbocycles. The zero-order valence-electron chi connectivity index (χ0n) is 31.0. The molecule has 0 spiro atoms. The van der Waals surface area contributed by atoms with E-state index in [4.69, 9.17) is 19.9 Å². The van der Waals surface area contributed by atoms with Crippen LogP contribution in [0.25, 0.3) is 0 Å². The fourth-order valence-corrected chi connectivity index (χ4v) is 9.19. The van der Waals surface area contributed by atoms with Gasteiger partial charge in [-0.25, -0.2) is 0 Å². The predicted molar refractivity (Wildman–Crippen MR) is 186 cm³/mol. The highest BCUT2D eigenvalue weighted by Crippen LogP contribution is 2.56. The van der Waals surface area contributed by atoms with Crippen LogP contribution in [0.2, 0.25) is 0 Å². The number of aromatic hydroxyl groups is 1. The van der Waals surface area contributed by atoms with Crippen molar-refractivity contribution in [3.05, 3.63) is 52.0 Å². The van der Waals surface area contributed by atoms with Crippen LogP contribution in [-0.4, -0.2) is 164 Å². The number of ether oxygens (including phenoxy) is 3. The standard InChI is InChI=1S/C22H24N2O8.C14H24N2O7/c1-21(31)8-5-4-6-11(25)12(8)16(26)13-9(21)7-10-15(24(2)3)17(27)14(20(23)30)19(29)22(10,32)18(13)28;1-5-4-6(17)14(20)13(21-5)22-12-10(19)7(15-2)9(18)8(16-3)11(12)23-14/h4-6,9-10,15,25,27-28,31-32H,7H2,1-3H3,(H2,23,30);5,7-13,15-16,18-20H,4H2,1-3H3/t9-,10-,15-,21+,22-;5-,7-,8+,9+,10+,11-,12-,13+,14+/m01/s1. The Morgan fingerprint density at radius 1 is 0.964 bits per heavy atom. The summed E-state index contributed by atoms with van der Waals surface area (Å²) in [6, 6.07) is 1.76. The number of nitrogens with zero attached hydrogens (tertiary/aromatic N) is 1. The number of carbonyl (C=O) groups is 4. The van der Waals surface area contributed by atoms with Crippen molar-refractivity contribution < 1.29 is 74.2 Å². The van der Waals surface area contributed by atoms with E-state index in [1.807, 2.05) is 0 Å². The van der Waals surface area contributed by atoms with Gasteiger partial charge in [-0.05, 0) is 60.1 Å². The van der Waals surface area contributed by atoms with E-state index in [0.717, 1.165) is 0 Å². The van der Waals surface area contributed by atoms with Crippen LogP contribution in [-0.2, 0) is 34.2 Å². The summed E-state index contributed by atoms with van der Waals surface area (Å²) in [5.41, 5.74) is -0.654. The van der Waals surface area contributed by atoms with Crippen molar-refractivity contribution >= 4 is 23.3 Å².